The normalized spacial score (nSPS) is 12.8. The van der Waals surface area contributed by atoms with Crippen LogP contribution < -0.4 is 0 Å². The van der Waals surface area contributed by atoms with E-state index < -0.39 is 58.7 Å². The third-order valence-electron chi connectivity index (χ3n) is 13.9. The molecule has 3 nitrogen and oxygen atoms in total. The Bertz CT molecular complexity index is 4260. The SMILES string of the molecule is Cc1ccc(-c2ccc(-n3c4ccccc4c4cc(-c5cc(C(F)(F)F)cc(C(F)(F)F)c5)ccc43)c(-c3cc(-n4c5ccccc5c5cc(-c6cc(C(F)(F)F)cc(C(F)(F)F)c6)ccc54)ccc3C#N)c2)c(C(F)(F)F)c1. The average Bonchev–Trinajstić information content (AvgIpc) is 4.05. The number of fused-ring (bicyclic) bond motifs is 6. The van der Waals surface area contributed by atoms with E-state index in [0.717, 1.165) is 6.07 Å². The average molecular weight is 1090 g/mol. The molecule has 0 bridgehead atoms. The van der Waals surface area contributed by atoms with Gasteiger partial charge in [-0.2, -0.15) is 71.1 Å². The number of hydrogen-bond donors (Lipinski definition) is 0. The molecule has 2 heterocycles. The molecular weight excluding hydrogens is 1060 g/mol. The molecule has 0 aliphatic rings. The lowest BCUT2D eigenvalue weighted by Gasteiger charge is -2.20. The first-order valence-electron chi connectivity index (χ1n) is 23.7. The predicted octanol–water partition coefficient (Wildman–Crippen LogP) is 19.8. The second-order valence-electron chi connectivity index (χ2n) is 18.9. The van der Waals surface area contributed by atoms with Crippen molar-refractivity contribution in [2.45, 2.75) is 37.8 Å². The Labute approximate surface area is 437 Å². The molecule has 9 aromatic carbocycles. The molecule has 11 rings (SSSR count). The fraction of sp³-hybridized carbons (Fsp3) is 0.0984. The van der Waals surface area contributed by atoms with E-state index in [1.165, 1.54) is 73.7 Å². The minimum atomic E-state index is -5.13. The summed E-state index contributed by atoms with van der Waals surface area (Å²) in [4.78, 5) is 0. The summed E-state index contributed by atoms with van der Waals surface area (Å²) in [6, 6.07) is 39.8. The van der Waals surface area contributed by atoms with Crippen LogP contribution in [0, 0.1) is 18.3 Å². The van der Waals surface area contributed by atoms with Gasteiger partial charge in [0.2, 0.25) is 0 Å². The first kappa shape index (κ1) is 52.1. The van der Waals surface area contributed by atoms with Crippen molar-refractivity contribution in [2.24, 2.45) is 0 Å². The van der Waals surface area contributed by atoms with Crippen molar-refractivity contribution in [1.82, 2.24) is 9.13 Å². The predicted molar refractivity (Wildman–Crippen MR) is 271 cm³/mol. The molecule has 2 aromatic heterocycles. The van der Waals surface area contributed by atoms with Gasteiger partial charge in [-0.05, 0) is 149 Å². The van der Waals surface area contributed by atoms with Crippen molar-refractivity contribution in [3.8, 4) is 62.0 Å². The van der Waals surface area contributed by atoms with Crippen molar-refractivity contribution in [3.05, 3.63) is 215 Å². The van der Waals surface area contributed by atoms with Gasteiger partial charge in [-0.3, -0.25) is 0 Å². The first-order valence-corrected chi connectivity index (χ1v) is 23.7. The topological polar surface area (TPSA) is 33.6 Å². The minimum Gasteiger partial charge on any atom is -0.309 e. The van der Waals surface area contributed by atoms with Crippen LogP contribution in [0.25, 0.3) is 99.5 Å². The third-order valence-corrected chi connectivity index (χ3v) is 13.9. The van der Waals surface area contributed by atoms with Gasteiger partial charge in [0, 0.05) is 38.4 Å². The summed E-state index contributed by atoms with van der Waals surface area (Å²) in [5.41, 5.74) is -4.77. The van der Waals surface area contributed by atoms with E-state index in [1.54, 1.807) is 75.9 Å². The molecule has 0 aliphatic heterocycles. The summed E-state index contributed by atoms with van der Waals surface area (Å²) in [6.45, 7) is 1.50. The molecular formula is C61H32F15N3. The standard InChI is InChI=1S/C61H32F15N3/c1-32-10-16-44(51(20-32)61(74,75)76)35-14-19-56(79-53-9-5-3-7-46(53)49-26-34(13-18-55(49)79)38-23-41(59(68,69)70)29-42(24-38)60(71,72)73)50(27-35)47-30-43(15-11-36(47)31-77)78-52-8-4-2-6-45(52)48-25-33(12-17-54(48)78)37-21-39(57(62,63)64)28-40(22-37)58(65,66)67/h2-30H,1H3. The number of benzene rings is 9. The fourth-order valence-corrected chi connectivity index (χ4v) is 10.3. The Morgan fingerprint density at radius 1 is 0.342 bits per heavy atom. The van der Waals surface area contributed by atoms with Crippen molar-refractivity contribution in [3.63, 3.8) is 0 Å². The molecule has 0 saturated carbocycles. The summed E-state index contributed by atoms with van der Waals surface area (Å²) in [5, 5.41) is 12.6. The van der Waals surface area contributed by atoms with Gasteiger partial charge in [0.15, 0.2) is 0 Å². The van der Waals surface area contributed by atoms with Crippen LogP contribution in [0.15, 0.2) is 176 Å². The molecule has 11 aromatic rings. The Morgan fingerprint density at radius 2 is 0.797 bits per heavy atom. The number of alkyl halides is 15. The van der Waals surface area contributed by atoms with Gasteiger partial charge in [-0.25, -0.2) is 0 Å². The maximum Gasteiger partial charge on any atom is 0.417 e. The van der Waals surface area contributed by atoms with Gasteiger partial charge >= 0.3 is 30.9 Å². The summed E-state index contributed by atoms with van der Waals surface area (Å²) >= 11 is 0. The molecule has 0 N–H and O–H groups in total. The Balaban J connectivity index is 1.16. The number of nitrogens with zero attached hydrogens (tertiary/aromatic N) is 3. The highest BCUT2D eigenvalue weighted by atomic mass is 19.4. The lowest BCUT2D eigenvalue weighted by Crippen LogP contribution is -2.11. The number of halogens is 15. The molecule has 0 saturated heterocycles. The van der Waals surface area contributed by atoms with Crippen LogP contribution in [-0.4, -0.2) is 9.13 Å². The second-order valence-corrected chi connectivity index (χ2v) is 18.9. The Morgan fingerprint density at radius 3 is 1.28 bits per heavy atom. The molecule has 0 amide bonds. The van der Waals surface area contributed by atoms with Crippen LogP contribution in [0.4, 0.5) is 65.9 Å². The second kappa shape index (κ2) is 18.3. The van der Waals surface area contributed by atoms with Crippen molar-refractivity contribution in [2.75, 3.05) is 0 Å². The maximum absolute atomic E-state index is 14.9. The monoisotopic (exact) mass is 1090 g/mol. The van der Waals surface area contributed by atoms with Gasteiger partial charge in [0.1, 0.15) is 0 Å². The number of rotatable bonds is 6. The summed E-state index contributed by atoms with van der Waals surface area (Å²) in [5.74, 6) is 0. The molecule has 0 aliphatic carbocycles. The number of aromatic nitrogens is 2. The smallest absolute Gasteiger partial charge is 0.309 e. The van der Waals surface area contributed by atoms with Gasteiger partial charge in [-0.1, -0.05) is 72.3 Å². The van der Waals surface area contributed by atoms with Crippen LogP contribution in [0.3, 0.4) is 0 Å². The van der Waals surface area contributed by atoms with E-state index in [2.05, 4.69) is 6.07 Å². The summed E-state index contributed by atoms with van der Waals surface area (Å²) in [6.07, 6.45) is -25.3. The molecule has 0 spiro atoms. The van der Waals surface area contributed by atoms with Crippen molar-refractivity contribution >= 4 is 43.6 Å². The zero-order valence-corrected chi connectivity index (χ0v) is 40.3. The highest BCUT2D eigenvalue weighted by molar-refractivity contribution is 6.12. The zero-order valence-electron chi connectivity index (χ0n) is 40.3. The van der Waals surface area contributed by atoms with Crippen LogP contribution in [0.5, 0.6) is 0 Å². The Hall–Kier alpha value is -8.98. The maximum atomic E-state index is 14.9. The fourth-order valence-electron chi connectivity index (χ4n) is 10.3. The van der Waals surface area contributed by atoms with Crippen LogP contribution in [-0.2, 0) is 30.9 Å². The van der Waals surface area contributed by atoms with E-state index >= 15 is 0 Å². The molecule has 0 fully saturated rings. The van der Waals surface area contributed by atoms with Crippen molar-refractivity contribution < 1.29 is 65.9 Å². The van der Waals surface area contributed by atoms with E-state index in [1.807, 2.05) is 0 Å². The van der Waals surface area contributed by atoms with E-state index in [9.17, 15) is 71.1 Å². The highest BCUT2D eigenvalue weighted by Crippen LogP contribution is 2.47. The van der Waals surface area contributed by atoms with Gasteiger partial charge < -0.3 is 9.13 Å². The highest BCUT2D eigenvalue weighted by Gasteiger charge is 2.39. The third kappa shape index (κ3) is 9.36. The summed E-state index contributed by atoms with van der Waals surface area (Å²) < 4.78 is 217. The van der Waals surface area contributed by atoms with Gasteiger partial charge in [0.25, 0.3) is 0 Å². The minimum absolute atomic E-state index is 0.000253. The molecule has 0 radical (unpaired) electrons. The molecule has 79 heavy (non-hydrogen) atoms. The Kier molecular flexibility index (Phi) is 12.1. The van der Waals surface area contributed by atoms with Gasteiger partial charge in [-0.15, -0.1) is 0 Å². The molecule has 18 heteroatoms. The number of aryl methyl sites for hydroxylation is 1. The first-order chi connectivity index (χ1) is 37.2. The zero-order chi connectivity index (χ0) is 56.3. The molecule has 396 valence electrons. The lowest BCUT2D eigenvalue weighted by molar-refractivity contribution is -0.144. The van der Waals surface area contributed by atoms with E-state index in [0.29, 0.717) is 79.1 Å². The van der Waals surface area contributed by atoms with Crippen LogP contribution in [0.1, 0.15) is 38.9 Å². The van der Waals surface area contributed by atoms with E-state index in [-0.39, 0.29) is 67.9 Å². The van der Waals surface area contributed by atoms with Crippen molar-refractivity contribution in [1.29, 1.82) is 5.26 Å². The lowest BCUT2D eigenvalue weighted by atomic mass is 9.91. The number of hydrogen-bond acceptors (Lipinski definition) is 1. The van der Waals surface area contributed by atoms with Crippen LogP contribution in [0.2, 0.25) is 0 Å². The van der Waals surface area contributed by atoms with E-state index in [4.69, 9.17) is 0 Å². The van der Waals surface area contributed by atoms with Crippen LogP contribution >= 0.6 is 0 Å². The molecule has 0 atom stereocenters. The summed E-state index contributed by atoms with van der Waals surface area (Å²) in [7, 11) is 0. The molecule has 0 unspecified atom stereocenters. The number of nitriles is 1. The number of para-hydroxylation sites is 2. The quantitative estimate of drug-likeness (QED) is 0.153. The van der Waals surface area contributed by atoms with Gasteiger partial charge in [0.05, 0.1) is 67.2 Å². The largest absolute Gasteiger partial charge is 0.417 e.